The zero-order valence-electron chi connectivity index (χ0n) is 17.2. The van der Waals surface area contributed by atoms with Crippen molar-refractivity contribution in [1.29, 1.82) is 0 Å². The molecule has 2 aliphatic heterocycles. The van der Waals surface area contributed by atoms with Crippen molar-refractivity contribution in [3.05, 3.63) is 23.2 Å². The number of hydrogen-bond donors (Lipinski definition) is 1. The van der Waals surface area contributed by atoms with Crippen molar-refractivity contribution >= 4 is 45.0 Å². The number of hydrogen-bond acceptors (Lipinski definition) is 5. The second-order valence-electron chi connectivity index (χ2n) is 8.61. The summed E-state index contributed by atoms with van der Waals surface area (Å²) in [4.78, 5) is 38.6. The summed E-state index contributed by atoms with van der Waals surface area (Å²) in [6.45, 7) is 0.503. The highest BCUT2D eigenvalue weighted by Crippen LogP contribution is 2.46. The summed E-state index contributed by atoms with van der Waals surface area (Å²) in [6.07, 6.45) is 5.95. The summed E-state index contributed by atoms with van der Waals surface area (Å²) < 4.78 is 27.4. The van der Waals surface area contributed by atoms with Gasteiger partial charge in [0.2, 0.25) is 27.7 Å². The Hall–Kier alpha value is -1.97. The number of sulfonamides is 1. The van der Waals surface area contributed by atoms with E-state index < -0.39 is 21.3 Å². The average Bonchev–Trinajstić information content (AvgIpc) is 3.30. The summed E-state index contributed by atoms with van der Waals surface area (Å²) in [6, 6.07) is 4.26. The van der Waals surface area contributed by atoms with Crippen LogP contribution < -0.4 is 5.32 Å². The van der Waals surface area contributed by atoms with Crippen LogP contribution >= 0.6 is 11.6 Å². The van der Waals surface area contributed by atoms with Gasteiger partial charge < -0.3 is 5.32 Å². The molecule has 31 heavy (non-hydrogen) atoms. The van der Waals surface area contributed by atoms with Crippen LogP contribution in [0, 0.1) is 5.41 Å². The quantitative estimate of drug-likeness (QED) is 0.670. The minimum atomic E-state index is -3.77. The van der Waals surface area contributed by atoms with E-state index in [1.54, 1.807) is 0 Å². The molecule has 0 unspecified atom stereocenters. The van der Waals surface area contributed by atoms with Gasteiger partial charge >= 0.3 is 0 Å². The normalized spacial score (nSPS) is 21.8. The zero-order valence-corrected chi connectivity index (χ0v) is 18.8. The van der Waals surface area contributed by atoms with Gasteiger partial charge in [-0.15, -0.1) is 0 Å². The molecule has 1 aromatic rings. The Morgan fingerprint density at radius 3 is 2.42 bits per heavy atom. The molecule has 1 N–H and O–H groups in total. The third-order valence-corrected chi connectivity index (χ3v) is 8.88. The second-order valence-corrected chi connectivity index (χ2v) is 10.9. The van der Waals surface area contributed by atoms with E-state index in [9.17, 15) is 22.8 Å². The number of rotatable bonds is 5. The lowest BCUT2D eigenvalue weighted by molar-refractivity contribution is -0.143. The van der Waals surface area contributed by atoms with Crippen LogP contribution in [0.3, 0.4) is 0 Å². The molecule has 3 aliphatic rings. The molecule has 1 aromatic carbocycles. The van der Waals surface area contributed by atoms with Crippen LogP contribution in [0.5, 0.6) is 0 Å². The maximum atomic E-state index is 13.0. The van der Waals surface area contributed by atoms with Crippen LogP contribution in [-0.2, 0) is 24.4 Å². The number of nitrogens with zero attached hydrogens (tertiary/aromatic N) is 2. The number of carbonyl (C=O) groups excluding carboxylic acids is 3. The molecular weight excluding hydrogens is 442 g/mol. The maximum Gasteiger partial charge on any atom is 0.244 e. The second kappa shape index (κ2) is 8.52. The minimum absolute atomic E-state index is 0.0629. The average molecular weight is 468 g/mol. The Kier molecular flexibility index (Phi) is 6.11. The van der Waals surface area contributed by atoms with Crippen molar-refractivity contribution in [3.63, 3.8) is 0 Å². The van der Waals surface area contributed by atoms with Crippen LogP contribution in [0.4, 0.5) is 5.69 Å². The number of anilines is 1. The monoisotopic (exact) mass is 467 g/mol. The molecule has 10 heteroatoms. The van der Waals surface area contributed by atoms with Gasteiger partial charge in [0, 0.05) is 25.2 Å². The highest BCUT2D eigenvalue weighted by Gasteiger charge is 2.52. The Balaban J connectivity index is 1.47. The summed E-state index contributed by atoms with van der Waals surface area (Å²) >= 11 is 6.17. The molecule has 168 valence electrons. The predicted octanol–water partition coefficient (Wildman–Crippen LogP) is 2.77. The molecule has 0 aromatic heterocycles. The molecule has 0 atom stereocenters. The third-order valence-electron chi connectivity index (χ3n) is 6.50. The van der Waals surface area contributed by atoms with Gasteiger partial charge in [0.25, 0.3) is 0 Å². The molecule has 3 amide bonds. The molecule has 3 fully saturated rings. The maximum absolute atomic E-state index is 13.0. The van der Waals surface area contributed by atoms with Crippen molar-refractivity contribution in [2.75, 3.05) is 25.0 Å². The van der Waals surface area contributed by atoms with Gasteiger partial charge in [-0.2, -0.15) is 4.31 Å². The fourth-order valence-corrected chi connectivity index (χ4v) is 6.85. The summed E-state index contributed by atoms with van der Waals surface area (Å²) in [5, 5.41) is 2.69. The van der Waals surface area contributed by atoms with Gasteiger partial charge in [-0.3, -0.25) is 19.3 Å². The summed E-state index contributed by atoms with van der Waals surface area (Å²) in [5.41, 5.74) is -0.382. The van der Waals surface area contributed by atoms with Crippen LogP contribution in [0.15, 0.2) is 23.1 Å². The first kappa shape index (κ1) is 22.2. The van der Waals surface area contributed by atoms with Gasteiger partial charge in [0.05, 0.1) is 10.4 Å². The lowest BCUT2D eigenvalue weighted by Gasteiger charge is -2.26. The van der Waals surface area contributed by atoms with Crippen molar-refractivity contribution in [3.8, 4) is 0 Å². The van der Waals surface area contributed by atoms with E-state index in [0.717, 1.165) is 37.0 Å². The van der Waals surface area contributed by atoms with Crippen LogP contribution in [0.2, 0.25) is 5.02 Å². The number of likely N-dealkylation sites (tertiary alicyclic amines) is 1. The molecule has 2 saturated heterocycles. The predicted molar refractivity (Wildman–Crippen MR) is 115 cm³/mol. The largest absolute Gasteiger partial charge is 0.324 e. The van der Waals surface area contributed by atoms with E-state index in [1.807, 2.05) is 0 Å². The van der Waals surface area contributed by atoms with Crippen LogP contribution in [0.25, 0.3) is 0 Å². The lowest BCUT2D eigenvalue weighted by atomic mass is 9.84. The number of benzene rings is 1. The molecule has 1 saturated carbocycles. The van der Waals surface area contributed by atoms with Crippen LogP contribution in [0.1, 0.15) is 51.4 Å². The van der Waals surface area contributed by atoms with E-state index in [-0.39, 0.29) is 40.4 Å². The van der Waals surface area contributed by atoms with E-state index in [0.29, 0.717) is 25.9 Å². The van der Waals surface area contributed by atoms with Gasteiger partial charge in [0.15, 0.2) is 0 Å². The van der Waals surface area contributed by atoms with E-state index >= 15 is 0 Å². The minimum Gasteiger partial charge on any atom is -0.324 e. The van der Waals surface area contributed by atoms with Gasteiger partial charge in [-0.05, 0) is 43.9 Å². The fraction of sp³-hybridized carbons (Fsp3) is 0.571. The number of amides is 3. The van der Waals surface area contributed by atoms with Gasteiger partial charge in [-0.1, -0.05) is 30.9 Å². The molecule has 0 radical (unpaired) electrons. The standard InChI is InChI=1S/C21H26ClN3O5S/c22-16-7-6-15(12-17(16)31(29,30)24-10-4-1-5-11-24)23-18(26)14-25-19(27)13-21(20(25)28)8-2-3-9-21/h6-7,12H,1-5,8-11,13-14H2,(H,23,26). The van der Waals surface area contributed by atoms with Gasteiger partial charge in [0.1, 0.15) is 11.4 Å². The number of imide groups is 1. The molecule has 8 nitrogen and oxygen atoms in total. The number of piperidine rings is 1. The Bertz CT molecular complexity index is 1010. The SMILES string of the molecule is O=C(CN1C(=O)CC2(CCCC2)C1=O)Nc1ccc(Cl)c(S(=O)(=O)N2CCCCC2)c1. The molecular formula is C21H26ClN3O5S. The van der Waals surface area contributed by atoms with Crippen molar-refractivity contribution in [2.24, 2.45) is 5.41 Å². The molecule has 1 spiro atoms. The summed E-state index contributed by atoms with van der Waals surface area (Å²) in [5.74, 6) is -1.15. The van der Waals surface area contributed by atoms with Crippen LogP contribution in [-0.4, -0.2) is 55.0 Å². The van der Waals surface area contributed by atoms with Crippen molar-refractivity contribution in [2.45, 2.75) is 56.3 Å². The first-order valence-corrected chi connectivity index (χ1v) is 12.5. The smallest absolute Gasteiger partial charge is 0.244 e. The number of nitrogens with one attached hydrogen (secondary N) is 1. The number of halogens is 1. The Morgan fingerprint density at radius 2 is 1.74 bits per heavy atom. The summed E-state index contributed by atoms with van der Waals surface area (Å²) in [7, 11) is -3.77. The van der Waals surface area contributed by atoms with E-state index in [2.05, 4.69) is 5.32 Å². The van der Waals surface area contributed by atoms with E-state index in [4.69, 9.17) is 11.6 Å². The molecule has 4 rings (SSSR count). The third kappa shape index (κ3) is 4.23. The Labute approximate surface area is 187 Å². The topological polar surface area (TPSA) is 104 Å². The van der Waals surface area contributed by atoms with Gasteiger partial charge in [-0.25, -0.2) is 8.42 Å². The number of carbonyl (C=O) groups is 3. The highest BCUT2D eigenvalue weighted by molar-refractivity contribution is 7.89. The van der Waals surface area contributed by atoms with Crippen molar-refractivity contribution < 1.29 is 22.8 Å². The first-order chi connectivity index (χ1) is 14.7. The zero-order chi connectivity index (χ0) is 22.2. The highest BCUT2D eigenvalue weighted by atomic mass is 35.5. The molecule has 1 aliphatic carbocycles. The molecule has 2 heterocycles. The van der Waals surface area contributed by atoms with E-state index in [1.165, 1.54) is 22.5 Å². The lowest BCUT2D eigenvalue weighted by Crippen LogP contribution is -2.40. The Morgan fingerprint density at radius 1 is 1.06 bits per heavy atom. The molecule has 0 bridgehead atoms. The fourth-order valence-electron chi connectivity index (χ4n) is 4.83. The van der Waals surface area contributed by atoms with Crippen molar-refractivity contribution in [1.82, 2.24) is 9.21 Å². The first-order valence-electron chi connectivity index (χ1n) is 10.7.